The van der Waals surface area contributed by atoms with Gasteiger partial charge in [-0.3, -0.25) is 19.7 Å². The number of nitrogens with zero attached hydrogens (tertiary/aromatic N) is 1. The molecule has 3 aromatic rings. The van der Waals surface area contributed by atoms with E-state index in [0.717, 1.165) is 12.0 Å². The molecule has 0 spiro atoms. The highest BCUT2D eigenvalue weighted by Crippen LogP contribution is 2.32. The van der Waals surface area contributed by atoms with Crippen molar-refractivity contribution in [3.8, 4) is 0 Å². The number of hydrogen-bond donors (Lipinski definition) is 2. The van der Waals surface area contributed by atoms with Crippen LogP contribution in [0.4, 0.5) is 11.4 Å². The van der Waals surface area contributed by atoms with Crippen molar-refractivity contribution in [3.63, 3.8) is 0 Å². The van der Waals surface area contributed by atoms with E-state index in [2.05, 4.69) is 55.8 Å². The van der Waals surface area contributed by atoms with Gasteiger partial charge in [-0.05, 0) is 106 Å². The highest BCUT2D eigenvalue weighted by molar-refractivity contribution is 14.1. The summed E-state index contributed by atoms with van der Waals surface area (Å²) < 4.78 is 1.73. The Morgan fingerprint density at radius 1 is 0.938 bits per heavy atom. The molecule has 0 atom stereocenters. The van der Waals surface area contributed by atoms with E-state index >= 15 is 0 Å². The second-order valence-electron chi connectivity index (χ2n) is 6.69. The molecule has 0 aromatic heterocycles. The third kappa shape index (κ3) is 4.51. The molecule has 3 amide bonds. The number of halogens is 3. The Labute approximate surface area is 221 Å². The lowest BCUT2D eigenvalue weighted by molar-refractivity contribution is 0.0923. The molecule has 1 aliphatic rings. The number of carbonyl (C=O) groups is 3. The molecule has 10 heteroatoms. The van der Waals surface area contributed by atoms with E-state index in [1.54, 1.807) is 42.5 Å². The molecule has 160 valence electrons. The number of hydrogen-bond acceptors (Lipinski definition) is 4. The van der Waals surface area contributed by atoms with Gasteiger partial charge in [-0.2, -0.15) is 0 Å². The molecule has 0 aliphatic carbocycles. The number of fused-ring (bicyclic) bond motifs is 1. The lowest BCUT2D eigenvalue weighted by Gasteiger charge is -2.16. The number of rotatable bonds is 3. The number of imide groups is 1. The van der Waals surface area contributed by atoms with E-state index in [9.17, 15) is 14.4 Å². The van der Waals surface area contributed by atoms with Crippen LogP contribution < -0.4 is 15.5 Å². The third-order valence-electron chi connectivity index (χ3n) is 4.65. The zero-order valence-electron chi connectivity index (χ0n) is 16.0. The largest absolute Gasteiger partial charge is 0.331 e. The summed E-state index contributed by atoms with van der Waals surface area (Å²) in [5.41, 5.74) is 1.98. The minimum Gasteiger partial charge on any atom is -0.331 e. The van der Waals surface area contributed by atoms with Gasteiger partial charge in [0.15, 0.2) is 5.11 Å². The van der Waals surface area contributed by atoms with Crippen LogP contribution in [-0.2, 0) is 0 Å². The van der Waals surface area contributed by atoms with E-state index in [4.69, 9.17) is 23.8 Å². The maximum absolute atomic E-state index is 12.7. The van der Waals surface area contributed by atoms with Crippen molar-refractivity contribution in [2.24, 2.45) is 0 Å². The van der Waals surface area contributed by atoms with Crippen molar-refractivity contribution in [1.82, 2.24) is 5.32 Å². The fraction of sp³-hybridized carbons (Fsp3) is 0. The van der Waals surface area contributed by atoms with Gasteiger partial charge in [-0.1, -0.05) is 23.7 Å². The van der Waals surface area contributed by atoms with Crippen molar-refractivity contribution in [2.75, 3.05) is 10.2 Å². The zero-order valence-corrected chi connectivity index (χ0v) is 21.9. The number of thiocarbonyl (C=S) groups is 1. The molecular formula is C22H12ClI2N3O3S. The van der Waals surface area contributed by atoms with Crippen LogP contribution in [0.2, 0.25) is 5.02 Å². The number of carbonyl (C=O) groups excluding carboxylic acids is 3. The highest BCUT2D eigenvalue weighted by atomic mass is 127. The Balaban J connectivity index is 1.49. The molecular weight excluding hydrogens is 676 g/mol. The highest BCUT2D eigenvalue weighted by Gasteiger charge is 2.36. The summed E-state index contributed by atoms with van der Waals surface area (Å²) in [6, 6.07) is 16.8. The van der Waals surface area contributed by atoms with E-state index in [0.29, 0.717) is 28.1 Å². The normalized spacial score (nSPS) is 12.5. The maximum Gasteiger partial charge on any atom is 0.266 e. The molecule has 3 aromatic carbocycles. The topological polar surface area (TPSA) is 78.5 Å². The van der Waals surface area contributed by atoms with Gasteiger partial charge in [0.05, 0.1) is 33.1 Å². The minimum atomic E-state index is -0.405. The molecule has 32 heavy (non-hydrogen) atoms. The molecule has 0 saturated heterocycles. The van der Waals surface area contributed by atoms with Gasteiger partial charge >= 0.3 is 0 Å². The number of benzene rings is 3. The molecule has 0 bridgehead atoms. The van der Waals surface area contributed by atoms with Gasteiger partial charge < -0.3 is 5.32 Å². The standard InChI is InChI=1S/C22H12ClI2N3O3S/c23-16-10-12(28-20(30)13-3-1-2-4-14(13)21(28)31)6-8-18(16)26-22(32)27-19(29)15-9-11(24)5-7-17(15)25/h1-10H,(H2,26,27,29,32). The molecule has 0 unspecified atom stereocenters. The van der Waals surface area contributed by atoms with Crippen molar-refractivity contribution in [3.05, 3.63) is 89.5 Å². The summed E-state index contributed by atoms with van der Waals surface area (Å²) in [5, 5.41) is 5.81. The van der Waals surface area contributed by atoms with Crippen LogP contribution in [0.1, 0.15) is 31.1 Å². The van der Waals surface area contributed by atoms with Crippen molar-refractivity contribution >= 4 is 103 Å². The van der Waals surface area contributed by atoms with E-state index < -0.39 is 11.8 Å². The second-order valence-corrected chi connectivity index (χ2v) is 9.91. The van der Waals surface area contributed by atoms with Crippen LogP contribution in [0.15, 0.2) is 60.7 Å². The molecule has 0 saturated carbocycles. The molecule has 2 N–H and O–H groups in total. The summed E-state index contributed by atoms with van der Waals surface area (Å²) in [6.07, 6.45) is 0. The van der Waals surface area contributed by atoms with Gasteiger partial charge in [0.1, 0.15) is 0 Å². The van der Waals surface area contributed by atoms with Crippen LogP contribution in [0, 0.1) is 7.14 Å². The Kier molecular flexibility index (Phi) is 6.79. The first-order chi connectivity index (χ1) is 15.3. The lowest BCUT2D eigenvalue weighted by Crippen LogP contribution is -2.34. The summed E-state index contributed by atoms with van der Waals surface area (Å²) in [4.78, 5) is 39.0. The van der Waals surface area contributed by atoms with Crippen molar-refractivity contribution in [2.45, 2.75) is 0 Å². The molecule has 0 radical (unpaired) electrons. The lowest BCUT2D eigenvalue weighted by atomic mass is 10.1. The van der Waals surface area contributed by atoms with E-state index in [1.165, 1.54) is 6.07 Å². The summed E-state index contributed by atoms with van der Waals surface area (Å²) in [7, 11) is 0. The predicted molar refractivity (Wildman–Crippen MR) is 145 cm³/mol. The fourth-order valence-electron chi connectivity index (χ4n) is 3.16. The smallest absolute Gasteiger partial charge is 0.266 e. The number of anilines is 2. The van der Waals surface area contributed by atoms with Crippen molar-refractivity contribution in [1.29, 1.82) is 0 Å². The minimum absolute atomic E-state index is 0.0695. The fourth-order valence-corrected chi connectivity index (χ4v) is 4.66. The maximum atomic E-state index is 12.7. The number of amides is 3. The Morgan fingerprint density at radius 3 is 2.22 bits per heavy atom. The zero-order chi connectivity index (χ0) is 23.0. The molecule has 1 heterocycles. The summed E-state index contributed by atoms with van der Waals surface area (Å²) in [5.74, 6) is -1.15. The van der Waals surface area contributed by atoms with Crippen LogP contribution in [0.25, 0.3) is 0 Å². The van der Waals surface area contributed by atoms with Gasteiger partial charge in [0.25, 0.3) is 17.7 Å². The first-order valence-corrected chi connectivity index (χ1v) is 12.1. The third-order valence-corrected chi connectivity index (χ3v) is 6.78. The second kappa shape index (κ2) is 9.41. The molecule has 6 nitrogen and oxygen atoms in total. The molecule has 0 fully saturated rings. The van der Waals surface area contributed by atoms with Crippen LogP contribution in [-0.4, -0.2) is 22.8 Å². The van der Waals surface area contributed by atoms with Crippen LogP contribution in [0.5, 0.6) is 0 Å². The van der Waals surface area contributed by atoms with Gasteiger partial charge in [0.2, 0.25) is 0 Å². The predicted octanol–water partition coefficient (Wildman–Crippen LogP) is 5.48. The first-order valence-electron chi connectivity index (χ1n) is 9.11. The summed E-state index contributed by atoms with van der Waals surface area (Å²) in [6.45, 7) is 0. The Hall–Kier alpha value is -2.09. The van der Waals surface area contributed by atoms with Crippen LogP contribution >= 0.6 is 69.0 Å². The Bertz CT molecular complexity index is 1280. The van der Waals surface area contributed by atoms with E-state index in [-0.39, 0.29) is 16.0 Å². The average molecular weight is 688 g/mol. The quantitative estimate of drug-likeness (QED) is 0.217. The molecule has 1 aliphatic heterocycles. The summed E-state index contributed by atoms with van der Waals surface area (Å²) >= 11 is 15.8. The van der Waals surface area contributed by atoms with Gasteiger partial charge in [-0.25, -0.2) is 4.90 Å². The van der Waals surface area contributed by atoms with Gasteiger partial charge in [-0.15, -0.1) is 0 Å². The average Bonchev–Trinajstić information content (AvgIpc) is 3.01. The van der Waals surface area contributed by atoms with Crippen LogP contribution in [0.3, 0.4) is 0 Å². The number of nitrogens with one attached hydrogen (secondary N) is 2. The van der Waals surface area contributed by atoms with Crippen molar-refractivity contribution < 1.29 is 14.4 Å². The van der Waals surface area contributed by atoms with E-state index in [1.807, 2.05) is 12.1 Å². The first kappa shape index (κ1) is 23.1. The SMILES string of the molecule is O=C(NC(=S)Nc1ccc(N2C(=O)c3ccccc3C2=O)cc1Cl)c1cc(I)ccc1I. The monoisotopic (exact) mass is 687 g/mol. The molecule has 4 rings (SSSR count). The Morgan fingerprint density at radius 2 is 1.59 bits per heavy atom. The van der Waals surface area contributed by atoms with Gasteiger partial charge in [0, 0.05) is 7.14 Å².